The first-order valence-electron chi connectivity index (χ1n) is 9.25. The molecule has 0 saturated heterocycles. The Hall–Kier alpha value is -3.45. The van der Waals surface area contributed by atoms with Crippen LogP contribution in [0, 0.1) is 0 Å². The minimum absolute atomic E-state index is 0.0841. The summed E-state index contributed by atoms with van der Waals surface area (Å²) in [6, 6.07) is 19.9. The van der Waals surface area contributed by atoms with Crippen LogP contribution in [0.4, 0.5) is 5.69 Å². The Kier molecular flexibility index (Phi) is 5.63. The zero-order valence-electron chi connectivity index (χ0n) is 16.1. The molecular weight excluding hydrogens is 446 g/mol. The molecule has 6 nitrogen and oxygen atoms in total. The minimum Gasteiger partial charge on any atom is -0.496 e. The standard InChI is InChI=1S/C23H18BrN3O3/c1-30-19-11-3-2-10-18(19)20-21(26-16-9-6-7-15(24)13-16)23(29)27(22(20)28)14-17-8-4-5-12-25-17/h2-13,26H,14H2,1H3. The van der Waals surface area contributed by atoms with Gasteiger partial charge in [0.1, 0.15) is 11.4 Å². The Morgan fingerprint density at radius 3 is 2.53 bits per heavy atom. The molecule has 1 N–H and O–H groups in total. The molecule has 2 heterocycles. The number of halogens is 1. The average molecular weight is 464 g/mol. The fraction of sp³-hybridized carbons (Fsp3) is 0.0870. The van der Waals surface area contributed by atoms with Crippen molar-refractivity contribution in [1.29, 1.82) is 0 Å². The summed E-state index contributed by atoms with van der Waals surface area (Å²) in [5.74, 6) is -0.291. The summed E-state index contributed by atoms with van der Waals surface area (Å²) in [6.07, 6.45) is 1.63. The van der Waals surface area contributed by atoms with Crippen molar-refractivity contribution < 1.29 is 14.3 Å². The fourth-order valence-electron chi connectivity index (χ4n) is 3.30. The molecule has 0 bridgehead atoms. The number of carbonyl (C=O) groups excluding carboxylic acids is 2. The Bertz CT molecular complexity index is 1150. The van der Waals surface area contributed by atoms with Gasteiger partial charge in [0.2, 0.25) is 0 Å². The average Bonchev–Trinajstić information content (AvgIpc) is 2.98. The third kappa shape index (κ3) is 3.84. The SMILES string of the molecule is COc1ccccc1C1=C(Nc2cccc(Br)c2)C(=O)N(Cc2ccccn2)C1=O. The van der Waals surface area contributed by atoms with E-state index in [1.54, 1.807) is 36.5 Å². The first-order valence-corrected chi connectivity index (χ1v) is 10.0. The number of nitrogens with zero attached hydrogens (tertiary/aromatic N) is 2. The Labute approximate surface area is 182 Å². The van der Waals surface area contributed by atoms with Crippen LogP contribution in [0.15, 0.2) is 83.1 Å². The quantitative estimate of drug-likeness (QED) is 0.553. The summed E-state index contributed by atoms with van der Waals surface area (Å²) in [6.45, 7) is 0.0841. The number of pyridine rings is 1. The molecule has 1 aromatic heterocycles. The van der Waals surface area contributed by atoms with Gasteiger partial charge in [-0.05, 0) is 36.4 Å². The van der Waals surface area contributed by atoms with Crippen LogP contribution < -0.4 is 10.1 Å². The summed E-state index contributed by atoms with van der Waals surface area (Å²) in [7, 11) is 1.54. The van der Waals surface area contributed by atoms with Gasteiger partial charge in [0.05, 0.1) is 24.9 Å². The number of amides is 2. The van der Waals surface area contributed by atoms with E-state index in [2.05, 4.69) is 26.2 Å². The maximum Gasteiger partial charge on any atom is 0.278 e. The number of methoxy groups -OCH3 is 1. The molecule has 1 aliphatic rings. The van der Waals surface area contributed by atoms with Crippen LogP contribution in [0.3, 0.4) is 0 Å². The number of aromatic nitrogens is 1. The van der Waals surface area contributed by atoms with Crippen LogP contribution >= 0.6 is 15.9 Å². The van der Waals surface area contributed by atoms with Gasteiger partial charge in [-0.3, -0.25) is 19.5 Å². The summed E-state index contributed by atoms with van der Waals surface area (Å²) < 4.78 is 6.30. The van der Waals surface area contributed by atoms with Crippen molar-refractivity contribution >= 4 is 39.0 Å². The highest BCUT2D eigenvalue weighted by molar-refractivity contribution is 9.10. The predicted octanol–water partition coefficient (Wildman–Crippen LogP) is 4.24. The highest BCUT2D eigenvalue weighted by Crippen LogP contribution is 2.36. The summed E-state index contributed by atoms with van der Waals surface area (Å²) in [5, 5.41) is 3.14. The van der Waals surface area contributed by atoms with Gasteiger partial charge in [0.15, 0.2) is 0 Å². The molecule has 0 atom stereocenters. The number of imide groups is 1. The molecule has 150 valence electrons. The van der Waals surface area contributed by atoms with E-state index in [9.17, 15) is 9.59 Å². The van der Waals surface area contributed by atoms with E-state index in [4.69, 9.17) is 4.74 Å². The molecule has 2 amide bonds. The van der Waals surface area contributed by atoms with Gasteiger partial charge in [-0.2, -0.15) is 0 Å². The molecule has 30 heavy (non-hydrogen) atoms. The highest BCUT2D eigenvalue weighted by atomic mass is 79.9. The number of nitrogens with one attached hydrogen (secondary N) is 1. The predicted molar refractivity (Wildman–Crippen MR) is 117 cm³/mol. The van der Waals surface area contributed by atoms with Crippen LogP contribution in [0.2, 0.25) is 0 Å². The Balaban J connectivity index is 1.79. The molecule has 3 aromatic rings. The molecule has 2 aromatic carbocycles. The summed E-state index contributed by atoms with van der Waals surface area (Å²) in [4.78, 5) is 32.1. The molecule has 0 saturated carbocycles. The van der Waals surface area contributed by atoms with Crippen molar-refractivity contribution in [2.45, 2.75) is 6.54 Å². The van der Waals surface area contributed by atoms with Crippen LogP contribution in [-0.2, 0) is 16.1 Å². The lowest BCUT2D eigenvalue weighted by Crippen LogP contribution is -2.32. The van der Waals surface area contributed by atoms with Crippen molar-refractivity contribution in [2.75, 3.05) is 12.4 Å². The van der Waals surface area contributed by atoms with E-state index in [0.29, 0.717) is 22.7 Å². The third-order valence-electron chi connectivity index (χ3n) is 4.68. The van der Waals surface area contributed by atoms with Crippen molar-refractivity contribution in [2.24, 2.45) is 0 Å². The van der Waals surface area contributed by atoms with E-state index in [0.717, 1.165) is 4.47 Å². The molecule has 0 unspecified atom stereocenters. The van der Waals surface area contributed by atoms with Crippen LogP contribution in [0.5, 0.6) is 5.75 Å². The van der Waals surface area contributed by atoms with Crippen LogP contribution in [-0.4, -0.2) is 28.8 Å². The molecule has 4 rings (SSSR count). The maximum absolute atomic E-state index is 13.4. The lowest BCUT2D eigenvalue weighted by molar-refractivity contribution is -0.137. The van der Waals surface area contributed by atoms with Gasteiger partial charge >= 0.3 is 0 Å². The summed E-state index contributed by atoms with van der Waals surface area (Å²) in [5.41, 5.74) is 2.35. The number of rotatable bonds is 6. The van der Waals surface area contributed by atoms with E-state index >= 15 is 0 Å². The second kappa shape index (κ2) is 8.51. The molecule has 0 aliphatic carbocycles. The molecular formula is C23H18BrN3O3. The highest BCUT2D eigenvalue weighted by Gasteiger charge is 2.40. The number of carbonyl (C=O) groups is 2. The first kappa shape index (κ1) is 19.8. The number of para-hydroxylation sites is 1. The van der Waals surface area contributed by atoms with Crippen molar-refractivity contribution in [3.05, 3.63) is 94.4 Å². The second-order valence-corrected chi connectivity index (χ2v) is 7.52. The minimum atomic E-state index is -0.411. The largest absolute Gasteiger partial charge is 0.496 e. The van der Waals surface area contributed by atoms with Gasteiger partial charge in [-0.25, -0.2) is 0 Å². The van der Waals surface area contributed by atoms with Crippen molar-refractivity contribution in [3.63, 3.8) is 0 Å². The number of hydrogen-bond acceptors (Lipinski definition) is 5. The molecule has 0 radical (unpaired) electrons. The Morgan fingerprint density at radius 2 is 1.80 bits per heavy atom. The zero-order valence-corrected chi connectivity index (χ0v) is 17.7. The van der Waals surface area contributed by atoms with Gasteiger partial charge in [-0.1, -0.05) is 46.3 Å². The van der Waals surface area contributed by atoms with Crippen molar-refractivity contribution in [1.82, 2.24) is 9.88 Å². The molecule has 7 heteroatoms. The number of anilines is 1. The van der Waals surface area contributed by atoms with Crippen molar-refractivity contribution in [3.8, 4) is 5.75 Å². The molecule has 0 fully saturated rings. The third-order valence-corrected chi connectivity index (χ3v) is 5.18. The monoisotopic (exact) mass is 463 g/mol. The van der Waals surface area contributed by atoms with Crippen LogP contribution in [0.1, 0.15) is 11.3 Å². The molecule has 1 aliphatic heterocycles. The van der Waals surface area contributed by atoms with E-state index < -0.39 is 11.8 Å². The van der Waals surface area contributed by atoms with Gasteiger partial charge in [0.25, 0.3) is 11.8 Å². The van der Waals surface area contributed by atoms with E-state index in [-0.39, 0.29) is 17.8 Å². The van der Waals surface area contributed by atoms with Gasteiger partial charge < -0.3 is 10.1 Å². The van der Waals surface area contributed by atoms with Gasteiger partial charge in [-0.15, -0.1) is 0 Å². The lowest BCUT2D eigenvalue weighted by atomic mass is 10.0. The van der Waals surface area contributed by atoms with E-state index in [1.807, 2.05) is 36.4 Å². The lowest BCUT2D eigenvalue weighted by Gasteiger charge is -2.15. The number of hydrogen-bond donors (Lipinski definition) is 1. The normalized spacial score (nSPS) is 13.7. The smallest absolute Gasteiger partial charge is 0.278 e. The zero-order chi connectivity index (χ0) is 21.1. The Morgan fingerprint density at radius 1 is 1.00 bits per heavy atom. The topological polar surface area (TPSA) is 71.5 Å². The number of ether oxygens (including phenoxy) is 1. The summed E-state index contributed by atoms with van der Waals surface area (Å²) >= 11 is 3.43. The second-order valence-electron chi connectivity index (χ2n) is 6.60. The van der Waals surface area contributed by atoms with Gasteiger partial charge in [0, 0.05) is 21.9 Å². The number of benzene rings is 2. The fourth-order valence-corrected chi connectivity index (χ4v) is 3.70. The maximum atomic E-state index is 13.4. The first-order chi connectivity index (χ1) is 14.6. The van der Waals surface area contributed by atoms with E-state index in [1.165, 1.54) is 12.0 Å². The van der Waals surface area contributed by atoms with Crippen LogP contribution in [0.25, 0.3) is 5.57 Å². The molecule has 0 spiro atoms.